The Kier molecular flexibility index (Phi) is 10.1. The number of nitrogens with zero attached hydrogens (tertiary/aromatic N) is 1. The van der Waals surface area contributed by atoms with Gasteiger partial charge in [-0.1, -0.05) is 60.5 Å². The number of sulfonamides is 1. The Morgan fingerprint density at radius 3 is 2.33 bits per heavy atom. The zero-order valence-electron chi connectivity index (χ0n) is 22.5. The molecular weight excluding hydrogens is 574 g/mol. The summed E-state index contributed by atoms with van der Waals surface area (Å²) < 4.78 is 45.7. The van der Waals surface area contributed by atoms with Crippen LogP contribution in [0.25, 0.3) is 0 Å². The molecule has 4 rings (SSSR count). The van der Waals surface area contributed by atoms with Gasteiger partial charge in [-0.15, -0.1) is 0 Å². The van der Waals surface area contributed by atoms with Gasteiger partial charge in [-0.25, -0.2) is 17.5 Å². The molecular formula is C30H33Cl2FN2O4S. The van der Waals surface area contributed by atoms with E-state index in [1.165, 1.54) is 12.1 Å². The van der Waals surface area contributed by atoms with Gasteiger partial charge in [-0.3, -0.25) is 9.69 Å². The Balaban J connectivity index is 1.50. The van der Waals surface area contributed by atoms with Crippen LogP contribution in [0.15, 0.2) is 60.7 Å². The molecule has 0 radical (unpaired) electrons. The molecule has 0 spiro atoms. The van der Waals surface area contributed by atoms with Crippen molar-refractivity contribution in [2.75, 3.05) is 26.0 Å². The molecule has 0 saturated heterocycles. The van der Waals surface area contributed by atoms with Gasteiger partial charge < -0.3 is 4.74 Å². The van der Waals surface area contributed by atoms with Crippen molar-refractivity contribution in [3.63, 3.8) is 0 Å². The first-order valence-corrected chi connectivity index (χ1v) is 15.9. The highest BCUT2D eigenvalue weighted by molar-refractivity contribution is 7.89. The van der Waals surface area contributed by atoms with E-state index in [2.05, 4.69) is 24.0 Å². The Morgan fingerprint density at radius 2 is 1.73 bits per heavy atom. The summed E-state index contributed by atoms with van der Waals surface area (Å²) in [7, 11) is -3.82. The fraction of sp³-hybridized carbons (Fsp3) is 0.367. The van der Waals surface area contributed by atoms with Crippen LogP contribution < -0.4 is 9.46 Å². The standard InChI is InChI=1S/C30H33Cl2FN2O4S/c1-3-12-35(29(21-8-5-4-6-9-21)22-15-23(31)17-24(32)16-22)13-7-14-39-28-19-27(33)26(18-25(28)20-10-11-20)30(36)34-40(2,37)38/h4-6,8-9,15-20,29H,3,7,10-14H2,1-2H3,(H,34,36). The molecule has 1 N–H and O–H groups in total. The molecule has 1 atom stereocenters. The summed E-state index contributed by atoms with van der Waals surface area (Å²) in [4.78, 5) is 14.7. The van der Waals surface area contributed by atoms with Crippen molar-refractivity contribution in [3.05, 3.63) is 98.8 Å². The first kappa shape index (κ1) is 30.3. The highest BCUT2D eigenvalue weighted by Gasteiger charge is 2.30. The topological polar surface area (TPSA) is 75.7 Å². The van der Waals surface area contributed by atoms with Gasteiger partial charge in [0.25, 0.3) is 5.91 Å². The number of carbonyl (C=O) groups is 1. The minimum atomic E-state index is -3.82. The second-order valence-corrected chi connectivity index (χ2v) is 12.7. The van der Waals surface area contributed by atoms with Crippen molar-refractivity contribution in [2.45, 2.75) is 44.6 Å². The van der Waals surface area contributed by atoms with Crippen LogP contribution in [0.4, 0.5) is 4.39 Å². The van der Waals surface area contributed by atoms with Gasteiger partial charge >= 0.3 is 0 Å². The minimum absolute atomic E-state index is 0.0653. The number of nitrogens with one attached hydrogen (secondary N) is 1. The Morgan fingerprint density at radius 1 is 1.05 bits per heavy atom. The van der Waals surface area contributed by atoms with Crippen molar-refractivity contribution < 1.29 is 22.3 Å². The maximum Gasteiger partial charge on any atom is 0.267 e. The molecule has 0 heterocycles. The molecule has 1 aliphatic carbocycles. The lowest BCUT2D eigenvalue weighted by Crippen LogP contribution is -2.32. The van der Waals surface area contributed by atoms with Gasteiger partial charge in [0.1, 0.15) is 11.6 Å². The van der Waals surface area contributed by atoms with Crippen LogP contribution in [0.5, 0.6) is 5.75 Å². The summed E-state index contributed by atoms with van der Waals surface area (Å²) in [6.45, 7) is 4.00. The zero-order valence-corrected chi connectivity index (χ0v) is 24.8. The largest absolute Gasteiger partial charge is 0.493 e. The lowest BCUT2D eigenvalue weighted by atomic mass is 9.96. The molecule has 0 aliphatic heterocycles. The van der Waals surface area contributed by atoms with Gasteiger partial charge in [0.15, 0.2) is 0 Å². The summed E-state index contributed by atoms with van der Waals surface area (Å²) in [6.07, 6.45) is 4.26. The van der Waals surface area contributed by atoms with E-state index in [1.807, 2.05) is 35.1 Å². The number of ether oxygens (including phenoxy) is 1. The third-order valence-electron chi connectivity index (χ3n) is 6.68. The number of hydrogen-bond donors (Lipinski definition) is 1. The summed E-state index contributed by atoms with van der Waals surface area (Å²) in [5, 5.41) is 1.15. The van der Waals surface area contributed by atoms with E-state index in [9.17, 15) is 17.6 Å². The Bertz CT molecular complexity index is 1430. The van der Waals surface area contributed by atoms with Crippen LogP contribution in [0.2, 0.25) is 10.0 Å². The highest BCUT2D eigenvalue weighted by atomic mass is 35.5. The van der Waals surface area contributed by atoms with Crippen molar-refractivity contribution in [2.24, 2.45) is 0 Å². The molecule has 0 bridgehead atoms. The van der Waals surface area contributed by atoms with Crippen LogP contribution in [0, 0.1) is 5.82 Å². The third kappa shape index (κ3) is 8.19. The summed E-state index contributed by atoms with van der Waals surface area (Å²) in [6, 6.07) is 18.3. The predicted molar refractivity (Wildman–Crippen MR) is 157 cm³/mol. The normalized spacial score (nSPS) is 14.2. The number of rotatable bonds is 13. The third-order valence-corrected chi connectivity index (χ3v) is 7.67. The lowest BCUT2D eigenvalue weighted by molar-refractivity contribution is 0.0977. The number of halogens is 3. The van der Waals surface area contributed by atoms with Crippen molar-refractivity contribution >= 4 is 39.1 Å². The number of benzene rings is 3. The average molecular weight is 608 g/mol. The molecule has 1 amide bonds. The van der Waals surface area contributed by atoms with Crippen LogP contribution in [0.3, 0.4) is 0 Å². The first-order chi connectivity index (χ1) is 19.1. The van der Waals surface area contributed by atoms with E-state index >= 15 is 0 Å². The van der Waals surface area contributed by atoms with Crippen LogP contribution in [0.1, 0.15) is 71.6 Å². The summed E-state index contributed by atoms with van der Waals surface area (Å²) in [5.41, 5.74) is 2.54. The molecule has 1 saturated carbocycles. The van der Waals surface area contributed by atoms with E-state index in [-0.39, 0.29) is 17.5 Å². The maximum absolute atomic E-state index is 14.9. The minimum Gasteiger partial charge on any atom is -0.493 e. The lowest BCUT2D eigenvalue weighted by Gasteiger charge is -2.32. The Labute approximate surface area is 245 Å². The smallest absolute Gasteiger partial charge is 0.267 e. The zero-order chi connectivity index (χ0) is 28.9. The van der Waals surface area contributed by atoms with Crippen molar-refractivity contribution in [3.8, 4) is 5.75 Å². The number of amides is 1. The summed E-state index contributed by atoms with van der Waals surface area (Å²) >= 11 is 12.7. The van der Waals surface area contributed by atoms with Gasteiger partial charge in [0.2, 0.25) is 10.0 Å². The molecule has 10 heteroatoms. The second-order valence-electron chi connectivity index (χ2n) is 10.1. The average Bonchev–Trinajstić information content (AvgIpc) is 3.71. The SMILES string of the molecule is CCCN(CCCOc1cc(F)c(C(=O)NS(C)(=O)=O)cc1C1CC1)C(c1ccccc1)c1cc(Cl)cc(Cl)c1. The summed E-state index contributed by atoms with van der Waals surface area (Å²) in [5.74, 6) is -1.27. The Hall–Kier alpha value is -2.65. The van der Waals surface area contributed by atoms with E-state index in [0.717, 1.165) is 48.8 Å². The van der Waals surface area contributed by atoms with E-state index < -0.39 is 21.7 Å². The van der Waals surface area contributed by atoms with Gasteiger partial charge in [-0.2, -0.15) is 0 Å². The molecule has 214 valence electrons. The molecule has 40 heavy (non-hydrogen) atoms. The quantitative estimate of drug-likeness (QED) is 0.213. The highest BCUT2D eigenvalue weighted by Crippen LogP contribution is 2.45. The molecule has 1 aliphatic rings. The van der Waals surface area contributed by atoms with E-state index in [0.29, 0.717) is 35.4 Å². The van der Waals surface area contributed by atoms with E-state index in [4.69, 9.17) is 27.9 Å². The molecule has 3 aromatic rings. The van der Waals surface area contributed by atoms with E-state index in [1.54, 1.807) is 6.07 Å². The predicted octanol–water partition coefficient (Wildman–Crippen LogP) is 6.97. The second kappa shape index (κ2) is 13.3. The molecule has 1 unspecified atom stereocenters. The number of carbonyl (C=O) groups excluding carboxylic acids is 1. The molecule has 0 aromatic heterocycles. The van der Waals surface area contributed by atoms with Crippen LogP contribution in [-0.2, 0) is 10.0 Å². The molecule has 6 nitrogen and oxygen atoms in total. The molecule has 1 fully saturated rings. The van der Waals surface area contributed by atoms with Crippen molar-refractivity contribution in [1.82, 2.24) is 9.62 Å². The monoisotopic (exact) mass is 606 g/mol. The van der Waals surface area contributed by atoms with Crippen molar-refractivity contribution in [1.29, 1.82) is 0 Å². The van der Waals surface area contributed by atoms with Gasteiger partial charge in [0, 0.05) is 22.7 Å². The number of hydrogen-bond acceptors (Lipinski definition) is 5. The molecule has 3 aromatic carbocycles. The first-order valence-electron chi connectivity index (χ1n) is 13.3. The fourth-order valence-corrected chi connectivity index (χ4v) is 5.89. The van der Waals surface area contributed by atoms with Gasteiger partial charge in [-0.05, 0) is 79.1 Å². The van der Waals surface area contributed by atoms with Crippen LogP contribution in [-0.4, -0.2) is 45.2 Å². The van der Waals surface area contributed by atoms with Crippen LogP contribution >= 0.6 is 23.2 Å². The van der Waals surface area contributed by atoms with Gasteiger partial charge in [0.05, 0.1) is 24.5 Å². The maximum atomic E-state index is 14.9. The fourth-order valence-electron chi connectivity index (χ4n) is 4.90.